The van der Waals surface area contributed by atoms with Gasteiger partial charge in [0.25, 0.3) is 0 Å². The predicted octanol–water partition coefficient (Wildman–Crippen LogP) is 4.57. The Labute approximate surface area is 174 Å². The van der Waals surface area contributed by atoms with Crippen molar-refractivity contribution >= 4 is 5.65 Å². The Morgan fingerprint density at radius 1 is 0.900 bits per heavy atom. The highest BCUT2D eigenvalue weighted by Gasteiger charge is 2.15. The Morgan fingerprint density at radius 2 is 1.73 bits per heavy atom. The molecule has 6 nitrogen and oxygen atoms in total. The van der Waals surface area contributed by atoms with Crippen LogP contribution < -0.4 is 0 Å². The summed E-state index contributed by atoms with van der Waals surface area (Å²) in [6.45, 7) is 4.94. The molecule has 0 aliphatic rings. The topological polar surface area (TPSA) is 60.9 Å². The molecular weight excluding hydrogens is 372 g/mol. The Hall–Kier alpha value is -3.80. The van der Waals surface area contributed by atoms with E-state index in [1.54, 1.807) is 24.7 Å². The van der Waals surface area contributed by atoms with Gasteiger partial charge in [0.2, 0.25) is 0 Å². The van der Waals surface area contributed by atoms with Crippen LogP contribution >= 0.6 is 0 Å². The number of imidazole rings is 2. The Balaban J connectivity index is 1.57. The van der Waals surface area contributed by atoms with Crippen molar-refractivity contribution in [1.29, 1.82) is 0 Å². The first-order valence-corrected chi connectivity index (χ1v) is 10.1. The fraction of sp³-hybridized carbons (Fsp3) is 0.167. The third-order valence-corrected chi connectivity index (χ3v) is 5.39. The minimum atomic E-state index is 0.617. The van der Waals surface area contributed by atoms with E-state index in [1.165, 1.54) is 22.4 Å². The SMILES string of the molecule is CCc1c(Cn2ccnc2-c2ncccn2)nc2ccc(-c3ccccc3C)cn12. The summed E-state index contributed by atoms with van der Waals surface area (Å²) >= 11 is 0. The molecule has 4 aromatic heterocycles. The number of hydrogen-bond acceptors (Lipinski definition) is 4. The largest absolute Gasteiger partial charge is 0.322 e. The number of rotatable bonds is 5. The lowest BCUT2D eigenvalue weighted by Gasteiger charge is -2.09. The van der Waals surface area contributed by atoms with Gasteiger partial charge in [0.15, 0.2) is 11.6 Å². The summed E-state index contributed by atoms with van der Waals surface area (Å²) in [6, 6.07) is 14.5. The van der Waals surface area contributed by atoms with E-state index >= 15 is 0 Å². The fourth-order valence-electron chi connectivity index (χ4n) is 3.92. The predicted molar refractivity (Wildman–Crippen MR) is 117 cm³/mol. The number of fused-ring (bicyclic) bond motifs is 1. The molecule has 0 radical (unpaired) electrons. The minimum absolute atomic E-state index is 0.617. The number of hydrogen-bond donors (Lipinski definition) is 0. The highest BCUT2D eigenvalue weighted by molar-refractivity contribution is 5.68. The Bertz CT molecular complexity index is 1320. The van der Waals surface area contributed by atoms with Gasteiger partial charge in [-0.2, -0.15) is 0 Å². The van der Waals surface area contributed by atoms with Gasteiger partial charge in [0, 0.05) is 36.7 Å². The van der Waals surface area contributed by atoms with Crippen molar-refractivity contribution in [1.82, 2.24) is 28.9 Å². The molecule has 0 saturated heterocycles. The molecule has 6 heteroatoms. The van der Waals surface area contributed by atoms with Gasteiger partial charge in [0.05, 0.1) is 12.2 Å². The van der Waals surface area contributed by atoms with Gasteiger partial charge in [-0.3, -0.25) is 0 Å². The number of pyridine rings is 1. The van der Waals surface area contributed by atoms with Gasteiger partial charge in [-0.1, -0.05) is 31.2 Å². The summed E-state index contributed by atoms with van der Waals surface area (Å²) in [6.07, 6.45) is 10.3. The van der Waals surface area contributed by atoms with Gasteiger partial charge in [-0.05, 0) is 48.2 Å². The van der Waals surface area contributed by atoms with Crippen molar-refractivity contribution < 1.29 is 0 Å². The lowest BCUT2D eigenvalue weighted by molar-refractivity contribution is 0.766. The van der Waals surface area contributed by atoms with Crippen LogP contribution in [0.1, 0.15) is 23.9 Å². The number of aryl methyl sites for hydroxylation is 2. The second kappa shape index (κ2) is 7.55. The maximum Gasteiger partial charge on any atom is 0.195 e. The average molecular weight is 394 g/mol. The third kappa shape index (κ3) is 3.16. The van der Waals surface area contributed by atoms with Crippen LogP contribution in [0.15, 0.2) is 73.4 Å². The lowest BCUT2D eigenvalue weighted by atomic mass is 10.0. The summed E-state index contributed by atoms with van der Waals surface area (Å²) in [5, 5.41) is 0. The van der Waals surface area contributed by atoms with Crippen LogP contribution in [0.3, 0.4) is 0 Å². The molecule has 0 atom stereocenters. The van der Waals surface area contributed by atoms with Crippen LogP contribution in [0, 0.1) is 6.92 Å². The molecule has 0 unspecified atom stereocenters. The summed E-state index contributed by atoms with van der Waals surface area (Å²) < 4.78 is 4.27. The van der Waals surface area contributed by atoms with Crippen molar-refractivity contribution in [3.63, 3.8) is 0 Å². The second-order valence-electron chi connectivity index (χ2n) is 7.27. The zero-order valence-corrected chi connectivity index (χ0v) is 17.0. The maximum absolute atomic E-state index is 4.92. The molecule has 0 bridgehead atoms. The number of benzene rings is 1. The molecule has 0 amide bonds. The van der Waals surface area contributed by atoms with E-state index in [-0.39, 0.29) is 0 Å². The summed E-state index contributed by atoms with van der Waals surface area (Å²) in [7, 11) is 0. The Morgan fingerprint density at radius 3 is 2.53 bits per heavy atom. The van der Waals surface area contributed by atoms with E-state index in [4.69, 9.17) is 4.98 Å². The van der Waals surface area contributed by atoms with E-state index in [2.05, 4.69) is 80.4 Å². The summed E-state index contributed by atoms with van der Waals surface area (Å²) in [5.41, 5.74) is 6.90. The smallest absolute Gasteiger partial charge is 0.195 e. The van der Waals surface area contributed by atoms with Crippen molar-refractivity contribution in [2.24, 2.45) is 0 Å². The first-order chi connectivity index (χ1) is 14.7. The first kappa shape index (κ1) is 18.2. The molecule has 4 heterocycles. The molecule has 0 aliphatic heterocycles. The van der Waals surface area contributed by atoms with Crippen molar-refractivity contribution in [2.75, 3.05) is 0 Å². The molecule has 148 valence electrons. The van der Waals surface area contributed by atoms with Gasteiger partial charge in [-0.15, -0.1) is 0 Å². The molecule has 0 fully saturated rings. The molecule has 30 heavy (non-hydrogen) atoms. The number of nitrogens with zero attached hydrogens (tertiary/aromatic N) is 6. The number of aromatic nitrogens is 6. The first-order valence-electron chi connectivity index (χ1n) is 10.1. The van der Waals surface area contributed by atoms with E-state index in [9.17, 15) is 0 Å². The van der Waals surface area contributed by atoms with Crippen LogP contribution in [0.25, 0.3) is 28.4 Å². The normalized spacial score (nSPS) is 11.3. The highest BCUT2D eigenvalue weighted by Crippen LogP contribution is 2.26. The molecular formula is C24H22N6. The molecule has 5 aromatic rings. The van der Waals surface area contributed by atoms with Crippen LogP contribution in [0.5, 0.6) is 0 Å². The fourth-order valence-corrected chi connectivity index (χ4v) is 3.92. The van der Waals surface area contributed by atoms with Crippen LogP contribution in [-0.2, 0) is 13.0 Å². The van der Waals surface area contributed by atoms with E-state index in [0.717, 1.165) is 23.6 Å². The quantitative estimate of drug-likeness (QED) is 0.438. The van der Waals surface area contributed by atoms with Crippen molar-refractivity contribution in [3.05, 3.63) is 90.4 Å². The summed E-state index contributed by atoms with van der Waals surface area (Å²) in [5.74, 6) is 1.36. The summed E-state index contributed by atoms with van der Waals surface area (Å²) in [4.78, 5) is 18.1. The second-order valence-corrected chi connectivity index (χ2v) is 7.27. The Kier molecular flexibility index (Phi) is 4.59. The van der Waals surface area contributed by atoms with Crippen LogP contribution in [0.4, 0.5) is 0 Å². The lowest BCUT2D eigenvalue weighted by Crippen LogP contribution is -2.06. The van der Waals surface area contributed by atoms with E-state index in [1.807, 2.05) is 6.20 Å². The van der Waals surface area contributed by atoms with Crippen molar-refractivity contribution in [2.45, 2.75) is 26.8 Å². The average Bonchev–Trinajstić information content (AvgIpc) is 3.38. The van der Waals surface area contributed by atoms with E-state index in [0.29, 0.717) is 12.4 Å². The van der Waals surface area contributed by atoms with Gasteiger partial charge in [-0.25, -0.2) is 19.9 Å². The molecule has 0 saturated carbocycles. The van der Waals surface area contributed by atoms with Crippen LogP contribution in [0.2, 0.25) is 0 Å². The highest BCUT2D eigenvalue weighted by atomic mass is 15.1. The van der Waals surface area contributed by atoms with Gasteiger partial charge in [0.1, 0.15) is 5.65 Å². The minimum Gasteiger partial charge on any atom is -0.322 e. The maximum atomic E-state index is 4.92. The standard InChI is InChI=1S/C24H22N6/c1-3-21-20(16-29-14-13-27-24(29)23-25-11-6-12-26-23)28-22-10-9-18(15-30(21)22)19-8-5-4-7-17(19)2/h4-15H,3,16H2,1-2H3. The van der Waals surface area contributed by atoms with Crippen LogP contribution in [-0.4, -0.2) is 28.9 Å². The third-order valence-electron chi connectivity index (χ3n) is 5.39. The van der Waals surface area contributed by atoms with Crippen molar-refractivity contribution in [3.8, 4) is 22.8 Å². The monoisotopic (exact) mass is 394 g/mol. The van der Waals surface area contributed by atoms with Gasteiger partial charge >= 0.3 is 0 Å². The zero-order valence-electron chi connectivity index (χ0n) is 17.0. The zero-order chi connectivity index (χ0) is 20.5. The molecule has 5 rings (SSSR count). The van der Waals surface area contributed by atoms with Gasteiger partial charge < -0.3 is 8.97 Å². The molecule has 0 N–H and O–H groups in total. The molecule has 0 aliphatic carbocycles. The van der Waals surface area contributed by atoms with E-state index < -0.39 is 0 Å². The molecule has 0 spiro atoms. The molecule has 1 aromatic carbocycles.